The van der Waals surface area contributed by atoms with Gasteiger partial charge in [0.2, 0.25) is 11.8 Å². The summed E-state index contributed by atoms with van der Waals surface area (Å²) >= 11 is 0. The molecular weight excluding hydrogens is 266 g/mol. The van der Waals surface area contributed by atoms with Crippen molar-refractivity contribution < 1.29 is 9.59 Å². The summed E-state index contributed by atoms with van der Waals surface area (Å²) in [6.07, 6.45) is 7.02. The molecule has 0 bridgehead atoms. The Morgan fingerprint density at radius 3 is 2.43 bits per heavy atom. The third-order valence-electron chi connectivity index (χ3n) is 5.33. The lowest BCUT2D eigenvalue weighted by Crippen LogP contribution is -2.56. The molecule has 0 N–H and O–H groups in total. The summed E-state index contributed by atoms with van der Waals surface area (Å²) in [6.45, 7) is 3.59. The molecule has 5 heteroatoms. The Balaban J connectivity index is 1.55. The number of nitrogens with zero attached hydrogens (tertiary/aromatic N) is 3. The van der Waals surface area contributed by atoms with Gasteiger partial charge in [-0.2, -0.15) is 0 Å². The van der Waals surface area contributed by atoms with Crippen molar-refractivity contribution in [1.29, 1.82) is 0 Å². The first kappa shape index (κ1) is 14.8. The number of amides is 2. The summed E-state index contributed by atoms with van der Waals surface area (Å²) in [7, 11) is 2.06. The minimum absolute atomic E-state index is 0.101. The van der Waals surface area contributed by atoms with Gasteiger partial charge in [-0.05, 0) is 32.9 Å². The van der Waals surface area contributed by atoms with Gasteiger partial charge in [-0.25, -0.2) is 0 Å². The summed E-state index contributed by atoms with van der Waals surface area (Å²) in [4.78, 5) is 31.0. The molecule has 2 amide bonds. The monoisotopic (exact) mass is 293 g/mol. The fraction of sp³-hybridized carbons (Fsp3) is 0.875. The molecule has 118 valence electrons. The van der Waals surface area contributed by atoms with Crippen LogP contribution in [0.2, 0.25) is 0 Å². The molecule has 5 nitrogen and oxygen atoms in total. The molecule has 3 aliphatic rings. The van der Waals surface area contributed by atoms with Crippen LogP contribution in [-0.2, 0) is 9.59 Å². The zero-order valence-corrected chi connectivity index (χ0v) is 13.1. The minimum Gasteiger partial charge on any atom is -0.336 e. The number of hydrogen-bond acceptors (Lipinski definition) is 3. The lowest BCUT2D eigenvalue weighted by atomic mass is 9.93. The highest BCUT2D eigenvalue weighted by Crippen LogP contribution is 2.25. The fourth-order valence-corrected chi connectivity index (χ4v) is 4.05. The van der Waals surface area contributed by atoms with Crippen LogP contribution in [0.1, 0.15) is 38.5 Å². The van der Waals surface area contributed by atoms with E-state index in [1.54, 1.807) is 4.90 Å². The first-order chi connectivity index (χ1) is 10.1. The molecule has 1 unspecified atom stereocenters. The molecule has 0 aromatic rings. The van der Waals surface area contributed by atoms with Crippen LogP contribution >= 0.6 is 0 Å². The Labute approximate surface area is 127 Å². The van der Waals surface area contributed by atoms with Gasteiger partial charge in [0.1, 0.15) is 0 Å². The van der Waals surface area contributed by atoms with Crippen molar-refractivity contribution in [3.05, 3.63) is 0 Å². The quantitative estimate of drug-likeness (QED) is 0.761. The van der Waals surface area contributed by atoms with Crippen molar-refractivity contribution in [2.45, 2.75) is 44.6 Å². The second kappa shape index (κ2) is 6.34. The van der Waals surface area contributed by atoms with Gasteiger partial charge in [0.15, 0.2) is 0 Å². The maximum absolute atomic E-state index is 12.5. The van der Waals surface area contributed by atoms with Gasteiger partial charge in [-0.15, -0.1) is 0 Å². The third kappa shape index (κ3) is 3.23. The molecule has 2 saturated heterocycles. The Morgan fingerprint density at radius 2 is 1.81 bits per heavy atom. The van der Waals surface area contributed by atoms with E-state index in [1.807, 2.05) is 4.90 Å². The normalized spacial score (nSPS) is 29.2. The van der Waals surface area contributed by atoms with E-state index in [4.69, 9.17) is 0 Å². The second-order valence-electron chi connectivity index (χ2n) is 6.89. The first-order valence-corrected chi connectivity index (χ1v) is 8.42. The van der Waals surface area contributed by atoms with Crippen molar-refractivity contribution in [2.24, 2.45) is 5.92 Å². The van der Waals surface area contributed by atoms with E-state index in [0.29, 0.717) is 12.6 Å². The van der Waals surface area contributed by atoms with Crippen molar-refractivity contribution in [3.63, 3.8) is 0 Å². The van der Waals surface area contributed by atoms with Crippen molar-refractivity contribution >= 4 is 11.8 Å². The second-order valence-corrected chi connectivity index (χ2v) is 6.89. The van der Waals surface area contributed by atoms with Crippen molar-refractivity contribution in [2.75, 3.05) is 39.8 Å². The maximum Gasteiger partial charge on any atom is 0.242 e. The van der Waals surface area contributed by atoms with Gasteiger partial charge in [-0.3, -0.25) is 9.59 Å². The number of hydrogen-bond donors (Lipinski definition) is 0. The third-order valence-corrected chi connectivity index (χ3v) is 5.33. The van der Waals surface area contributed by atoms with Gasteiger partial charge in [-0.1, -0.05) is 19.3 Å². The number of carbonyl (C=O) groups is 2. The molecule has 1 saturated carbocycles. The summed E-state index contributed by atoms with van der Waals surface area (Å²) in [5.74, 6) is 0.452. The molecule has 1 aliphatic carbocycles. The van der Waals surface area contributed by atoms with Gasteiger partial charge in [0.05, 0.1) is 12.5 Å². The van der Waals surface area contributed by atoms with E-state index in [2.05, 4.69) is 11.9 Å². The van der Waals surface area contributed by atoms with E-state index in [1.165, 1.54) is 19.3 Å². The maximum atomic E-state index is 12.5. The number of piperazine rings is 1. The predicted molar refractivity (Wildman–Crippen MR) is 80.8 cm³/mol. The Bertz CT molecular complexity index is 406. The SMILES string of the molecule is CN1CCC(C(=O)N2CCN(C3CCCCC3)C(=O)C2)C1. The molecular formula is C16H27N3O2. The molecule has 3 rings (SSSR count). The lowest BCUT2D eigenvalue weighted by molar-refractivity contribution is -0.149. The molecule has 3 fully saturated rings. The molecule has 0 aromatic carbocycles. The number of likely N-dealkylation sites (tertiary alicyclic amines) is 1. The molecule has 1 atom stereocenters. The zero-order chi connectivity index (χ0) is 14.8. The predicted octanol–water partition coefficient (Wildman–Crippen LogP) is 0.942. The Kier molecular flexibility index (Phi) is 4.48. The van der Waals surface area contributed by atoms with Crippen LogP contribution in [0.15, 0.2) is 0 Å². The largest absolute Gasteiger partial charge is 0.336 e. The standard InChI is InChI=1S/C16H27N3O2/c1-17-8-7-13(11-17)16(21)18-9-10-19(15(20)12-18)14-5-3-2-4-6-14/h13-14H,2-12H2,1H3. The molecule has 0 radical (unpaired) electrons. The van der Waals surface area contributed by atoms with Crippen LogP contribution < -0.4 is 0 Å². The van der Waals surface area contributed by atoms with Crippen LogP contribution in [0.4, 0.5) is 0 Å². The molecule has 0 spiro atoms. The van der Waals surface area contributed by atoms with E-state index >= 15 is 0 Å². The fourth-order valence-electron chi connectivity index (χ4n) is 4.05. The Morgan fingerprint density at radius 1 is 1.05 bits per heavy atom. The highest BCUT2D eigenvalue weighted by molar-refractivity contribution is 5.87. The van der Waals surface area contributed by atoms with Gasteiger partial charge in [0, 0.05) is 25.7 Å². The summed E-state index contributed by atoms with van der Waals surface area (Å²) in [5.41, 5.74) is 0. The summed E-state index contributed by atoms with van der Waals surface area (Å²) in [5, 5.41) is 0. The van der Waals surface area contributed by atoms with Gasteiger partial charge < -0.3 is 14.7 Å². The average molecular weight is 293 g/mol. The molecule has 21 heavy (non-hydrogen) atoms. The van der Waals surface area contributed by atoms with E-state index in [9.17, 15) is 9.59 Å². The molecule has 2 aliphatic heterocycles. The number of carbonyl (C=O) groups excluding carboxylic acids is 2. The van der Waals surface area contributed by atoms with Gasteiger partial charge >= 0.3 is 0 Å². The van der Waals surface area contributed by atoms with E-state index < -0.39 is 0 Å². The van der Waals surface area contributed by atoms with Crippen LogP contribution in [0.3, 0.4) is 0 Å². The Hall–Kier alpha value is -1.10. The summed E-state index contributed by atoms with van der Waals surface area (Å²) < 4.78 is 0. The van der Waals surface area contributed by atoms with E-state index in [0.717, 1.165) is 45.4 Å². The smallest absolute Gasteiger partial charge is 0.242 e. The average Bonchev–Trinajstić information content (AvgIpc) is 2.94. The molecule has 2 heterocycles. The van der Waals surface area contributed by atoms with Crippen LogP contribution in [0.5, 0.6) is 0 Å². The highest BCUT2D eigenvalue weighted by atomic mass is 16.2. The zero-order valence-electron chi connectivity index (χ0n) is 13.1. The van der Waals surface area contributed by atoms with Crippen LogP contribution in [0.25, 0.3) is 0 Å². The van der Waals surface area contributed by atoms with E-state index in [-0.39, 0.29) is 17.7 Å². The highest BCUT2D eigenvalue weighted by Gasteiger charge is 2.36. The lowest BCUT2D eigenvalue weighted by Gasteiger charge is -2.41. The number of rotatable bonds is 2. The van der Waals surface area contributed by atoms with Crippen LogP contribution in [0, 0.1) is 5.92 Å². The van der Waals surface area contributed by atoms with Crippen molar-refractivity contribution in [1.82, 2.24) is 14.7 Å². The van der Waals surface area contributed by atoms with Gasteiger partial charge in [0.25, 0.3) is 0 Å². The minimum atomic E-state index is 0.101. The first-order valence-electron chi connectivity index (χ1n) is 8.42. The summed E-state index contributed by atoms with van der Waals surface area (Å²) in [6, 6.07) is 0.432. The topological polar surface area (TPSA) is 43.9 Å². The van der Waals surface area contributed by atoms with Crippen molar-refractivity contribution in [3.8, 4) is 0 Å². The van der Waals surface area contributed by atoms with Crippen LogP contribution in [-0.4, -0.2) is 72.3 Å². The molecule has 0 aromatic heterocycles.